The Balaban J connectivity index is 2.32. The molecule has 6 N–H and O–H groups in total. The maximum absolute atomic E-state index is 11.5. The van der Waals surface area contributed by atoms with Crippen LogP contribution < -0.4 is 16.0 Å². The van der Waals surface area contributed by atoms with Crippen LogP contribution in [0.25, 0.3) is 0 Å². The summed E-state index contributed by atoms with van der Waals surface area (Å²) in [6, 6.07) is 0. The highest BCUT2D eigenvalue weighted by Crippen LogP contribution is 2.24. The Hall–Kier alpha value is -1.55. The molecule has 9 nitrogen and oxygen atoms in total. The molecule has 1 saturated heterocycles. The molecule has 2 rings (SSSR count). The molecule has 0 radical (unpaired) electrons. The molecule has 0 amide bonds. The SMILES string of the molecule is Nc1nc[n+](C2OC(CO)C(O)C2O)c(=O)[nH]1. The van der Waals surface area contributed by atoms with Crippen molar-refractivity contribution in [2.45, 2.75) is 24.5 Å². The van der Waals surface area contributed by atoms with Crippen molar-refractivity contribution in [1.82, 2.24) is 9.97 Å². The number of nitrogen functional groups attached to an aromatic ring is 1. The molecule has 17 heavy (non-hydrogen) atoms. The van der Waals surface area contributed by atoms with Crippen LogP contribution in [0.4, 0.5) is 5.95 Å². The van der Waals surface area contributed by atoms with E-state index in [1.165, 1.54) is 0 Å². The predicted molar refractivity (Wildman–Crippen MR) is 52.5 cm³/mol. The van der Waals surface area contributed by atoms with Gasteiger partial charge in [-0.3, -0.25) is 0 Å². The summed E-state index contributed by atoms with van der Waals surface area (Å²) in [5.74, 6) is -0.0713. The van der Waals surface area contributed by atoms with Gasteiger partial charge in [0.15, 0.2) is 0 Å². The summed E-state index contributed by atoms with van der Waals surface area (Å²) in [4.78, 5) is 17.4. The molecule has 1 aromatic heterocycles. The third-order valence-corrected chi connectivity index (χ3v) is 2.58. The molecular formula is C8H13N4O5+. The molecule has 2 heterocycles. The van der Waals surface area contributed by atoms with E-state index in [1.807, 2.05) is 0 Å². The van der Waals surface area contributed by atoms with E-state index >= 15 is 0 Å². The Morgan fingerprint density at radius 2 is 2.24 bits per heavy atom. The van der Waals surface area contributed by atoms with Gasteiger partial charge in [-0.15, -0.1) is 0 Å². The second-order valence-electron chi connectivity index (χ2n) is 3.70. The number of hydrogen-bond donors (Lipinski definition) is 5. The molecule has 0 aromatic carbocycles. The van der Waals surface area contributed by atoms with Crippen LogP contribution in [0.2, 0.25) is 0 Å². The third kappa shape index (κ3) is 2.00. The average molecular weight is 245 g/mol. The molecule has 4 atom stereocenters. The molecule has 0 bridgehead atoms. The summed E-state index contributed by atoms with van der Waals surface area (Å²) in [5.41, 5.74) is 4.64. The molecule has 0 saturated carbocycles. The van der Waals surface area contributed by atoms with Crippen LogP contribution in [0, 0.1) is 0 Å². The fourth-order valence-electron chi connectivity index (χ4n) is 1.67. The number of H-pyrrole nitrogens is 1. The number of aromatic amines is 1. The lowest BCUT2D eigenvalue weighted by Gasteiger charge is -2.11. The highest BCUT2D eigenvalue weighted by Gasteiger charge is 2.46. The van der Waals surface area contributed by atoms with Gasteiger partial charge in [0.25, 0.3) is 0 Å². The first-order valence-electron chi connectivity index (χ1n) is 4.93. The molecule has 1 aromatic rings. The predicted octanol–water partition coefficient (Wildman–Crippen LogP) is -3.75. The van der Waals surface area contributed by atoms with Gasteiger partial charge in [0, 0.05) is 0 Å². The molecule has 1 aliphatic rings. The third-order valence-electron chi connectivity index (χ3n) is 2.58. The maximum atomic E-state index is 11.5. The van der Waals surface area contributed by atoms with Gasteiger partial charge in [0.1, 0.15) is 18.3 Å². The Kier molecular flexibility index (Phi) is 3.07. The molecule has 1 fully saturated rings. The number of ether oxygens (including phenoxy) is 1. The summed E-state index contributed by atoms with van der Waals surface area (Å²) in [6.07, 6.45) is -3.56. The summed E-state index contributed by atoms with van der Waals surface area (Å²) >= 11 is 0. The number of aliphatic hydroxyl groups is 3. The van der Waals surface area contributed by atoms with Crippen molar-refractivity contribution in [3.63, 3.8) is 0 Å². The van der Waals surface area contributed by atoms with E-state index in [1.54, 1.807) is 0 Å². The molecule has 1 aliphatic heterocycles. The number of hydrogen-bond acceptors (Lipinski definition) is 7. The Bertz CT molecular complexity index is 463. The van der Waals surface area contributed by atoms with Crippen LogP contribution in [0.1, 0.15) is 6.23 Å². The van der Waals surface area contributed by atoms with Crippen molar-refractivity contribution in [2.24, 2.45) is 0 Å². The number of aromatic nitrogens is 3. The normalized spacial score (nSPS) is 32.9. The summed E-state index contributed by atoms with van der Waals surface area (Å²) in [5, 5.41) is 28.1. The second kappa shape index (κ2) is 4.37. The number of nitrogens with one attached hydrogen (secondary N) is 1. The van der Waals surface area contributed by atoms with Gasteiger partial charge in [-0.1, -0.05) is 4.98 Å². The van der Waals surface area contributed by atoms with Gasteiger partial charge in [0.2, 0.25) is 12.6 Å². The molecule has 4 unspecified atom stereocenters. The minimum absolute atomic E-state index is 0.0713. The Labute approximate surface area is 95.1 Å². The standard InChI is InChI=1S/C8H12N4O5/c9-7-10-2-12(8(16)11-7)6-5(15)4(14)3(1-13)17-6/h2-6,13-15H,1H2,(H2,9,11,16)/p+1. The molecule has 0 aliphatic carbocycles. The van der Waals surface area contributed by atoms with Crippen LogP contribution >= 0.6 is 0 Å². The zero-order chi connectivity index (χ0) is 12.6. The highest BCUT2D eigenvalue weighted by atomic mass is 16.6. The van der Waals surface area contributed by atoms with Crippen LogP contribution in [0.15, 0.2) is 11.1 Å². The smallest absolute Gasteiger partial charge is 0.394 e. The van der Waals surface area contributed by atoms with Crippen LogP contribution in [0.3, 0.4) is 0 Å². The van der Waals surface area contributed by atoms with Crippen molar-refractivity contribution in [1.29, 1.82) is 0 Å². The number of anilines is 1. The van der Waals surface area contributed by atoms with Crippen LogP contribution in [0.5, 0.6) is 0 Å². The Morgan fingerprint density at radius 3 is 2.76 bits per heavy atom. The van der Waals surface area contributed by atoms with Crippen molar-refractivity contribution in [2.75, 3.05) is 12.3 Å². The van der Waals surface area contributed by atoms with Gasteiger partial charge >= 0.3 is 11.6 Å². The van der Waals surface area contributed by atoms with E-state index in [-0.39, 0.29) is 5.95 Å². The average Bonchev–Trinajstić information content (AvgIpc) is 2.57. The van der Waals surface area contributed by atoms with Gasteiger partial charge in [-0.25, -0.2) is 4.79 Å². The van der Waals surface area contributed by atoms with E-state index in [2.05, 4.69) is 9.97 Å². The summed E-state index contributed by atoms with van der Waals surface area (Å²) in [6.45, 7) is -0.463. The van der Waals surface area contributed by atoms with Crippen molar-refractivity contribution in [3.05, 3.63) is 16.8 Å². The topological polar surface area (TPSA) is 146 Å². The first-order valence-corrected chi connectivity index (χ1v) is 4.93. The maximum Gasteiger partial charge on any atom is 0.446 e. The number of nitrogens with zero attached hydrogens (tertiary/aromatic N) is 2. The van der Waals surface area contributed by atoms with Crippen LogP contribution in [-0.2, 0) is 4.74 Å². The van der Waals surface area contributed by atoms with Gasteiger partial charge in [-0.05, 0) is 0 Å². The minimum Gasteiger partial charge on any atom is -0.394 e. The molecule has 94 valence electrons. The number of nitrogens with two attached hydrogens (primary N) is 1. The zero-order valence-corrected chi connectivity index (χ0v) is 8.72. The lowest BCUT2D eigenvalue weighted by atomic mass is 10.1. The van der Waals surface area contributed by atoms with E-state index in [0.717, 1.165) is 10.9 Å². The van der Waals surface area contributed by atoms with E-state index in [0.29, 0.717) is 0 Å². The number of aliphatic hydroxyl groups excluding tert-OH is 3. The van der Waals surface area contributed by atoms with Crippen LogP contribution in [-0.4, -0.2) is 50.2 Å². The largest absolute Gasteiger partial charge is 0.446 e. The molecular weight excluding hydrogens is 232 g/mol. The van der Waals surface area contributed by atoms with E-state index in [4.69, 9.17) is 15.6 Å². The fourth-order valence-corrected chi connectivity index (χ4v) is 1.67. The highest BCUT2D eigenvalue weighted by molar-refractivity contribution is 5.07. The Morgan fingerprint density at radius 1 is 1.53 bits per heavy atom. The number of rotatable bonds is 2. The molecule has 0 spiro atoms. The summed E-state index contributed by atoms with van der Waals surface area (Å²) < 4.78 is 6.11. The first kappa shape index (κ1) is 11.9. The van der Waals surface area contributed by atoms with Gasteiger partial charge in [0.05, 0.1) is 6.61 Å². The van der Waals surface area contributed by atoms with Crippen molar-refractivity contribution in [3.8, 4) is 0 Å². The zero-order valence-electron chi connectivity index (χ0n) is 8.72. The fraction of sp³-hybridized carbons (Fsp3) is 0.625. The quantitative estimate of drug-likeness (QED) is 0.336. The minimum atomic E-state index is -1.33. The molecule has 9 heteroatoms. The monoisotopic (exact) mass is 245 g/mol. The lowest BCUT2D eigenvalue weighted by Crippen LogP contribution is -2.58. The first-order chi connectivity index (χ1) is 8.04. The van der Waals surface area contributed by atoms with Crippen molar-refractivity contribution >= 4 is 5.95 Å². The van der Waals surface area contributed by atoms with Gasteiger partial charge in [-0.2, -0.15) is 9.55 Å². The van der Waals surface area contributed by atoms with E-state index < -0.39 is 36.8 Å². The van der Waals surface area contributed by atoms with E-state index in [9.17, 15) is 15.0 Å². The van der Waals surface area contributed by atoms with Gasteiger partial charge < -0.3 is 25.8 Å². The second-order valence-corrected chi connectivity index (χ2v) is 3.70. The lowest BCUT2D eigenvalue weighted by molar-refractivity contribution is -0.782. The van der Waals surface area contributed by atoms with Crippen molar-refractivity contribution < 1.29 is 24.6 Å². The summed E-state index contributed by atoms with van der Waals surface area (Å²) in [7, 11) is 0.